The molecule has 7 heteroatoms. The monoisotopic (exact) mass is 512 g/mol. The summed E-state index contributed by atoms with van der Waals surface area (Å²) in [5, 5.41) is 13.3. The van der Waals surface area contributed by atoms with Crippen molar-refractivity contribution in [2.24, 2.45) is 5.92 Å². The van der Waals surface area contributed by atoms with Crippen LogP contribution in [0.2, 0.25) is 0 Å². The summed E-state index contributed by atoms with van der Waals surface area (Å²) in [5.41, 5.74) is 4.50. The van der Waals surface area contributed by atoms with Crippen molar-refractivity contribution < 1.29 is 9.90 Å². The highest BCUT2D eigenvalue weighted by molar-refractivity contribution is 5.96. The molecule has 0 bridgehead atoms. The maximum Gasteiger partial charge on any atom is 0.278 e. The molecule has 1 amide bonds. The van der Waals surface area contributed by atoms with Gasteiger partial charge in [0.1, 0.15) is 6.17 Å². The molecule has 2 aliphatic heterocycles. The molecule has 1 saturated heterocycles. The van der Waals surface area contributed by atoms with Gasteiger partial charge in [-0.25, -0.2) is 0 Å². The van der Waals surface area contributed by atoms with E-state index in [9.17, 15) is 14.7 Å². The van der Waals surface area contributed by atoms with Crippen molar-refractivity contribution >= 4 is 5.91 Å². The lowest BCUT2D eigenvalue weighted by Gasteiger charge is -2.54. The fraction of sp³-hybridized carbons (Fsp3) is 0.419. The van der Waals surface area contributed by atoms with Gasteiger partial charge in [0, 0.05) is 24.2 Å². The highest BCUT2D eigenvalue weighted by Gasteiger charge is 2.48. The number of rotatable bonds is 3. The van der Waals surface area contributed by atoms with Crippen molar-refractivity contribution in [1.29, 1.82) is 0 Å². The maximum absolute atomic E-state index is 14.1. The summed E-state index contributed by atoms with van der Waals surface area (Å²) in [5.74, 6) is -0.536. The summed E-state index contributed by atoms with van der Waals surface area (Å²) in [6, 6.07) is 18.2. The number of carbonyl (C=O) groups is 1. The van der Waals surface area contributed by atoms with Crippen LogP contribution in [-0.4, -0.2) is 57.8 Å². The van der Waals surface area contributed by atoms with Gasteiger partial charge in [-0.05, 0) is 81.9 Å². The number of hydrogen-bond donors (Lipinski definition) is 1. The van der Waals surface area contributed by atoms with E-state index in [4.69, 9.17) is 0 Å². The number of amides is 1. The van der Waals surface area contributed by atoms with Crippen LogP contribution in [0.1, 0.15) is 65.5 Å². The summed E-state index contributed by atoms with van der Waals surface area (Å²) in [6.07, 6.45) is 5.24. The van der Waals surface area contributed by atoms with Crippen LogP contribution < -0.4 is 10.4 Å². The molecule has 1 unspecified atom stereocenters. The number of hydrogen-bond acceptors (Lipinski definition) is 5. The molecule has 3 heterocycles. The van der Waals surface area contributed by atoms with Crippen molar-refractivity contribution in [2.75, 3.05) is 25.1 Å². The minimum atomic E-state index is -0.535. The minimum Gasteiger partial charge on any atom is -0.502 e. The van der Waals surface area contributed by atoms with Crippen LogP contribution in [0.4, 0.5) is 0 Å². The van der Waals surface area contributed by atoms with Crippen LogP contribution in [-0.2, 0) is 12.8 Å². The van der Waals surface area contributed by atoms with Crippen LogP contribution in [0.25, 0.3) is 0 Å². The zero-order valence-electron chi connectivity index (χ0n) is 22.4. The Bertz CT molecular complexity index is 1380. The number of pyridine rings is 1. The smallest absolute Gasteiger partial charge is 0.278 e. The summed E-state index contributed by atoms with van der Waals surface area (Å²) in [6.45, 7) is 5.99. The second kappa shape index (κ2) is 9.62. The Morgan fingerprint density at radius 2 is 1.45 bits per heavy atom. The summed E-state index contributed by atoms with van der Waals surface area (Å²) < 4.78 is 1.80. The van der Waals surface area contributed by atoms with Gasteiger partial charge < -0.3 is 14.9 Å². The van der Waals surface area contributed by atoms with Gasteiger partial charge in [0.2, 0.25) is 5.43 Å². The average molecular weight is 513 g/mol. The Balaban J connectivity index is 1.66. The molecular formula is C31H36N4O3. The summed E-state index contributed by atoms with van der Waals surface area (Å²) in [7, 11) is 2.15. The second-order valence-electron chi connectivity index (χ2n) is 11.3. The van der Waals surface area contributed by atoms with E-state index in [1.807, 2.05) is 18.7 Å². The molecule has 3 aliphatic rings. The van der Waals surface area contributed by atoms with Gasteiger partial charge in [0.15, 0.2) is 11.4 Å². The lowest BCUT2D eigenvalue weighted by atomic mass is 9.87. The number of nitrogens with zero attached hydrogens (tertiary/aromatic N) is 4. The molecule has 2 aromatic carbocycles. The van der Waals surface area contributed by atoms with Crippen molar-refractivity contribution in [2.45, 2.75) is 57.8 Å². The van der Waals surface area contributed by atoms with Gasteiger partial charge in [-0.1, -0.05) is 48.5 Å². The maximum atomic E-state index is 14.1. The topological polar surface area (TPSA) is 69.0 Å². The molecule has 3 aromatic rings. The number of aromatic nitrogens is 1. The molecule has 1 aliphatic carbocycles. The van der Waals surface area contributed by atoms with Crippen molar-refractivity contribution in [3.63, 3.8) is 0 Å². The molecule has 0 saturated carbocycles. The average Bonchev–Trinajstić information content (AvgIpc) is 3.08. The third-order valence-corrected chi connectivity index (χ3v) is 8.66. The first kappa shape index (κ1) is 24.7. The van der Waals surface area contributed by atoms with E-state index in [-0.39, 0.29) is 35.8 Å². The first-order chi connectivity index (χ1) is 18.4. The van der Waals surface area contributed by atoms with Crippen LogP contribution in [0.3, 0.4) is 0 Å². The molecule has 1 N–H and O–H groups in total. The Hall–Kier alpha value is -3.58. The second-order valence-corrected chi connectivity index (χ2v) is 11.3. The van der Waals surface area contributed by atoms with E-state index in [2.05, 4.69) is 65.5 Å². The number of carbonyl (C=O) groups excluding carboxylic acids is 1. The number of piperidine rings is 1. The van der Waals surface area contributed by atoms with E-state index in [0.29, 0.717) is 0 Å². The van der Waals surface area contributed by atoms with Crippen LogP contribution in [0, 0.1) is 5.92 Å². The summed E-state index contributed by atoms with van der Waals surface area (Å²) >= 11 is 0. The van der Waals surface area contributed by atoms with Gasteiger partial charge >= 0.3 is 0 Å². The molecule has 1 aromatic heterocycles. The molecule has 7 nitrogen and oxygen atoms in total. The lowest BCUT2D eigenvalue weighted by Crippen LogP contribution is -2.67. The highest BCUT2D eigenvalue weighted by atomic mass is 16.3. The fourth-order valence-corrected chi connectivity index (χ4v) is 6.77. The van der Waals surface area contributed by atoms with Crippen molar-refractivity contribution in [3.8, 4) is 5.75 Å². The Kier molecular flexibility index (Phi) is 6.26. The molecule has 1 atom stereocenters. The fourth-order valence-electron chi connectivity index (χ4n) is 6.77. The van der Waals surface area contributed by atoms with E-state index in [1.165, 1.54) is 28.3 Å². The van der Waals surface area contributed by atoms with Gasteiger partial charge in [0.25, 0.3) is 5.91 Å². The lowest BCUT2D eigenvalue weighted by molar-refractivity contribution is 0.0234. The first-order valence-electron chi connectivity index (χ1n) is 13.8. The SMILES string of the molecule is CC(C)N1C(=O)c2c(O)c(=O)ccn2N(C2c3ccccc3CCc3ccccc32)C1C1CCN(C)CC1. The molecule has 0 spiro atoms. The van der Waals surface area contributed by atoms with Crippen molar-refractivity contribution in [3.05, 3.63) is 99.0 Å². The third kappa shape index (κ3) is 3.91. The number of fused-ring (bicyclic) bond motifs is 3. The Morgan fingerprint density at radius 1 is 0.868 bits per heavy atom. The predicted molar refractivity (Wildman–Crippen MR) is 148 cm³/mol. The van der Waals surface area contributed by atoms with Crippen LogP contribution in [0.5, 0.6) is 5.75 Å². The van der Waals surface area contributed by atoms with E-state index in [1.54, 1.807) is 10.9 Å². The van der Waals surface area contributed by atoms with E-state index >= 15 is 0 Å². The van der Waals surface area contributed by atoms with E-state index < -0.39 is 11.2 Å². The number of aromatic hydroxyl groups is 1. The number of likely N-dealkylation sites (tertiary alicyclic amines) is 1. The van der Waals surface area contributed by atoms with E-state index in [0.717, 1.165) is 38.8 Å². The first-order valence-corrected chi connectivity index (χ1v) is 13.8. The Morgan fingerprint density at radius 3 is 2.03 bits per heavy atom. The van der Waals surface area contributed by atoms with Gasteiger partial charge in [-0.3, -0.25) is 19.3 Å². The normalized spacial score (nSPS) is 20.7. The Labute approximate surface area is 223 Å². The molecule has 38 heavy (non-hydrogen) atoms. The van der Waals surface area contributed by atoms with Crippen LogP contribution >= 0.6 is 0 Å². The summed E-state index contributed by atoms with van der Waals surface area (Å²) in [4.78, 5) is 31.0. The minimum absolute atomic E-state index is 0.0505. The standard InChI is InChI=1S/C31H36N4O3/c1-20(2)34-30(23-14-17-32(3)18-15-23)35(33-19-16-26(36)29(37)28(33)31(34)38)27-24-10-6-4-8-21(24)12-13-22-9-5-7-11-25(22)27/h4-11,16,19-20,23,27,30,37H,12-15,17-18H2,1-3H3. The number of aryl methyl sites for hydroxylation is 2. The largest absolute Gasteiger partial charge is 0.502 e. The molecular weight excluding hydrogens is 476 g/mol. The number of benzene rings is 2. The van der Waals surface area contributed by atoms with Gasteiger partial charge in [0.05, 0.1) is 6.04 Å². The highest BCUT2D eigenvalue weighted by Crippen LogP contribution is 2.43. The van der Waals surface area contributed by atoms with Gasteiger partial charge in [-0.15, -0.1) is 0 Å². The zero-order valence-corrected chi connectivity index (χ0v) is 22.4. The quantitative estimate of drug-likeness (QED) is 0.576. The molecule has 198 valence electrons. The van der Waals surface area contributed by atoms with Gasteiger partial charge in [-0.2, -0.15) is 0 Å². The molecule has 6 rings (SSSR count). The van der Waals surface area contributed by atoms with Crippen LogP contribution in [0.15, 0.2) is 65.6 Å². The zero-order chi connectivity index (χ0) is 26.6. The molecule has 1 fully saturated rings. The third-order valence-electron chi connectivity index (χ3n) is 8.66. The molecule has 0 radical (unpaired) electrons. The van der Waals surface area contributed by atoms with Crippen molar-refractivity contribution in [1.82, 2.24) is 14.5 Å². The predicted octanol–water partition coefficient (Wildman–Crippen LogP) is 3.91.